The molecule has 0 N–H and O–H groups in total. The monoisotopic (exact) mass is 303 g/mol. The minimum Gasteiger partial charge on any atom is -0.496 e. The summed E-state index contributed by atoms with van der Waals surface area (Å²) in [5, 5.41) is 0. The quantitative estimate of drug-likeness (QED) is 0.724. The zero-order valence-corrected chi connectivity index (χ0v) is 11.7. The van der Waals surface area contributed by atoms with Gasteiger partial charge in [0.25, 0.3) is 0 Å². The maximum absolute atomic E-state index is 4.94. The molecule has 0 aliphatic heterocycles. The summed E-state index contributed by atoms with van der Waals surface area (Å²) in [5.41, 5.74) is 1.20. The average Bonchev–Trinajstić information content (AvgIpc) is 2.06. The minimum atomic E-state index is 0.0417. The Labute approximate surface area is 95.3 Å². The maximum Gasteiger partial charge on any atom is 0.560 e. The van der Waals surface area contributed by atoms with Gasteiger partial charge < -0.3 is 4.74 Å². The van der Waals surface area contributed by atoms with Crippen LogP contribution >= 0.6 is 25.8 Å². The molecule has 0 aliphatic rings. The molecule has 1 radical (unpaired) electrons. The molecule has 12 heavy (non-hydrogen) atoms. The summed E-state index contributed by atoms with van der Waals surface area (Å²) in [6.45, 7) is 2.02. The van der Waals surface area contributed by atoms with Crippen molar-refractivity contribution in [3.05, 3.63) is 29.8 Å². The highest BCUT2D eigenvalue weighted by atomic mass is 79.9. The van der Waals surface area contributed by atoms with Crippen molar-refractivity contribution in [1.29, 1.82) is 0 Å². The molecule has 0 unspecified atom stereocenters. The van der Waals surface area contributed by atoms with Crippen molar-refractivity contribution in [2.24, 2.45) is 0 Å². The summed E-state index contributed by atoms with van der Waals surface area (Å²) in [4.78, 5) is 0. The molecule has 4 heteroatoms. The molecule has 1 aromatic rings. The second kappa shape index (κ2) is 8.35. The third-order valence-corrected chi connectivity index (χ3v) is 1.15. The van der Waals surface area contributed by atoms with Crippen LogP contribution in [0.4, 0.5) is 0 Å². The van der Waals surface area contributed by atoms with E-state index in [2.05, 4.69) is 31.8 Å². The van der Waals surface area contributed by atoms with E-state index in [1.54, 1.807) is 7.11 Å². The highest BCUT2D eigenvalue weighted by Gasteiger charge is 1.87. The van der Waals surface area contributed by atoms with Crippen molar-refractivity contribution in [3.63, 3.8) is 0 Å². The fourth-order valence-corrected chi connectivity index (χ4v) is 0.670. The number of aryl methyl sites for hydroxylation is 1. The van der Waals surface area contributed by atoms with Gasteiger partial charge in [0.2, 0.25) is 0 Å². The maximum atomic E-state index is 4.94. The second-order valence-corrected chi connectivity index (χ2v) is 10.1. The first-order valence-electron chi connectivity index (χ1n) is 3.38. The number of halogens is 2. The van der Waals surface area contributed by atoms with E-state index in [9.17, 15) is 0 Å². The van der Waals surface area contributed by atoms with Crippen molar-refractivity contribution in [2.45, 2.75) is 6.92 Å². The first-order chi connectivity index (χ1) is 5.74. The number of hydrogen-bond acceptors (Lipinski definition) is 1. The number of methoxy groups -OCH3 is 1. The lowest BCUT2D eigenvalue weighted by molar-refractivity contribution is 0.413. The van der Waals surface area contributed by atoms with Crippen molar-refractivity contribution >= 4 is 41.8 Å². The molecular weight excluding hydrogens is 296 g/mol. The van der Waals surface area contributed by atoms with Crippen LogP contribution in [0.15, 0.2) is 18.2 Å². The second-order valence-electron chi connectivity index (χ2n) is 2.04. The molecule has 0 saturated heterocycles. The van der Waals surface area contributed by atoms with Crippen molar-refractivity contribution in [3.8, 4) is 5.75 Å². The van der Waals surface area contributed by atoms with Crippen LogP contribution in [-0.4, -0.2) is 23.1 Å². The fraction of sp³-hybridized carbons (Fsp3) is 0.250. The predicted molar refractivity (Wildman–Crippen MR) is 60.2 cm³/mol. The standard InChI is InChI=1S/C8H9O.2BrH.Mg/c1-7-4-3-5-8(6-7)9-2;;;/h3-4,6H,1-2H3;2*1H;/q;;;+2/p-2. The summed E-state index contributed by atoms with van der Waals surface area (Å²) in [6.07, 6.45) is 0. The molecule has 1 nitrogen and oxygen atoms in total. The third-order valence-electron chi connectivity index (χ3n) is 1.15. The molecule has 0 fully saturated rings. The van der Waals surface area contributed by atoms with Gasteiger partial charge in [0.15, 0.2) is 0 Å². The molecule has 63 valence electrons. The lowest BCUT2D eigenvalue weighted by Crippen LogP contribution is -1.81. The average molecular weight is 305 g/mol. The Morgan fingerprint density at radius 2 is 2.08 bits per heavy atom. The molecule has 0 heterocycles. The molecule has 0 aliphatic carbocycles. The fourth-order valence-electron chi connectivity index (χ4n) is 0.670. The summed E-state index contributed by atoms with van der Waals surface area (Å²) in [6, 6.07) is 8.73. The van der Waals surface area contributed by atoms with Gasteiger partial charge in [-0.1, -0.05) is 12.1 Å². The normalized spacial score (nSPS) is 7.67. The van der Waals surface area contributed by atoms with Gasteiger partial charge in [-0.15, -0.1) is 0 Å². The molecule has 0 bridgehead atoms. The first kappa shape index (κ1) is 12.7. The molecule has 0 atom stereocenters. The molecule has 0 aromatic heterocycles. The number of hydrogen-bond donors (Lipinski definition) is 0. The molecular formula is C8H9Br2MgO. The van der Waals surface area contributed by atoms with E-state index < -0.39 is 0 Å². The van der Waals surface area contributed by atoms with Gasteiger partial charge in [-0.25, -0.2) is 0 Å². The van der Waals surface area contributed by atoms with Crippen molar-refractivity contribution in [1.82, 2.24) is 0 Å². The van der Waals surface area contributed by atoms with Gasteiger partial charge in [-0.2, -0.15) is 0 Å². The summed E-state index contributed by atoms with van der Waals surface area (Å²) in [5.74, 6) is 0.801. The third kappa shape index (κ3) is 6.28. The summed E-state index contributed by atoms with van der Waals surface area (Å²) >= 11 is 6.44. The minimum absolute atomic E-state index is 0.0417. The Balaban J connectivity index is 0.000000354. The smallest absolute Gasteiger partial charge is 0.496 e. The topological polar surface area (TPSA) is 9.23 Å². The van der Waals surface area contributed by atoms with Gasteiger partial charge in [-0.05, 0) is 18.6 Å². The summed E-state index contributed by atoms with van der Waals surface area (Å²) in [7, 11) is 1.64. The Hall–Kier alpha value is 0.746. The van der Waals surface area contributed by atoms with Crippen LogP contribution in [0.3, 0.4) is 0 Å². The van der Waals surface area contributed by atoms with E-state index in [1.165, 1.54) is 5.56 Å². The van der Waals surface area contributed by atoms with E-state index in [0.29, 0.717) is 0 Å². The molecule has 1 rings (SSSR count). The molecule has 0 saturated carbocycles. The largest absolute Gasteiger partial charge is 0.560 e. The molecule has 0 amide bonds. The van der Waals surface area contributed by atoms with E-state index in [0.717, 1.165) is 5.75 Å². The zero-order chi connectivity index (χ0) is 9.40. The van der Waals surface area contributed by atoms with Crippen LogP contribution in [0.5, 0.6) is 5.75 Å². The molecule has 0 spiro atoms. The van der Waals surface area contributed by atoms with Crippen molar-refractivity contribution < 1.29 is 4.74 Å². The van der Waals surface area contributed by atoms with Crippen LogP contribution < -0.4 is 4.74 Å². The Bertz CT molecular complexity index is 218. The van der Waals surface area contributed by atoms with Gasteiger partial charge in [0.05, 0.1) is 7.11 Å². The van der Waals surface area contributed by atoms with Gasteiger partial charge >= 0.3 is 16.0 Å². The Kier molecular flexibility index (Phi) is 8.87. The highest BCUT2D eigenvalue weighted by Crippen LogP contribution is 2.09. The van der Waals surface area contributed by atoms with Gasteiger partial charge in [-0.3, -0.25) is 25.8 Å². The number of ether oxygens (including phenoxy) is 1. The van der Waals surface area contributed by atoms with Crippen LogP contribution in [-0.2, 0) is 0 Å². The van der Waals surface area contributed by atoms with Gasteiger partial charge in [0.1, 0.15) is 5.75 Å². The number of rotatable bonds is 1. The Morgan fingerprint density at radius 3 is 2.42 bits per heavy atom. The Morgan fingerprint density at radius 1 is 1.50 bits per heavy atom. The van der Waals surface area contributed by atoms with E-state index >= 15 is 0 Å². The van der Waals surface area contributed by atoms with Crippen LogP contribution in [0.2, 0.25) is 0 Å². The van der Waals surface area contributed by atoms with Crippen molar-refractivity contribution in [2.75, 3.05) is 7.11 Å². The summed E-state index contributed by atoms with van der Waals surface area (Å²) < 4.78 is 4.94. The zero-order valence-electron chi connectivity index (χ0n) is 7.10. The number of benzene rings is 1. The lowest BCUT2D eigenvalue weighted by Gasteiger charge is -1.97. The van der Waals surface area contributed by atoms with Crippen LogP contribution in [0.1, 0.15) is 5.56 Å². The highest BCUT2D eigenvalue weighted by molar-refractivity contribution is 9.47. The predicted octanol–water partition coefficient (Wildman–Crippen LogP) is 3.11. The molecule has 1 aromatic carbocycles. The van der Waals surface area contributed by atoms with E-state index in [-0.39, 0.29) is 16.0 Å². The van der Waals surface area contributed by atoms with E-state index in [1.807, 2.05) is 25.1 Å². The van der Waals surface area contributed by atoms with Crippen LogP contribution in [0, 0.1) is 13.0 Å². The van der Waals surface area contributed by atoms with Gasteiger partial charge in [0, 0.05) is 6.07 Å². The van der Waals surface area contributed by atoms with Crippen LogP contribution in [0.25, 0.3) is 0 Å². The SMILES string of the molecule is COc1[c]ccc(C)c1.[Br][Mg][Br]. The lowest BCUT2D eigenvalue weighted by atomic mass is 10.2. The van der Waals surface area contributed by atoms with E-state index in [4.69, 9.17) is 4.74 Å². The first-order valence-corrected chi connectivity index (χ1v) is 11.2.